The Morgan fingerprint density at radius 3 is 1.96 bits per heavy atom. The van der Waals surface area contributed by atoms with Gasteiger partial charge < -0.3 is 10.0 Å². The van der Waals surface area contributed by atoms with Crippen LogP contribution < -0.4 is 4.90 Å². The summed E-state index contributed by atoms with van der Waals surface area (Å²) in [6.07, 6.45) is 1.19. The van der Waals surface area contributed by atoms with Crippen LogP contribution in [0.2, 0.25) is 0 Å². The number of carboxylic acid groups (broad SMARTS) is 1. The molecule has 6 heteroatoms. The van der Waals surface area contributed by atoms with Crippen LogP contribution in [0.15, 0.2) is 60.7 Å². The Balaban J connectivity index is 1.71. The standard InChI is InChI=1S/C21H20N4O2/c26-20(27)17-11-13-25(14-12-17)21-22-18(15-7-3-1-4-8-15)19(23-24-21)16-9-5-2-6-10-16/h1-10,17H,11-14H2,(H,26,27). The summed E-state index contributed by atoms with van der Waals surface area (Å²) in [5.41, 5.74) is 3.47. The molecule has 0 bridgehead atoms. The summed E-state index contributed by atoms with van der Waals surface area (Å²) in [5, 5.41) is 18.0. The molecule has 0 saturated carbocycles. The highest BCUT2D eigenvalue weighted by atomic mass is 16.4. The zero-order chi connectivity index (χ0) is 18.6. The van der Waals surface area contributed by atoms with E-state index in [-0.39, 0.29) is 5.92 Å². The van der Waals surface area contributed by atoms with Crippen LogP contribution >= 0.6 is 0 Å². The van der Waals surface area contributed by atoms with E-state index in [9.17, 15) is 9.90 Å². The zero-order valence-electron chi connectivity index (χ0n) is 14.8. The SMILES string of the molecule is O=C(O)C1CCN(c2nnc(-c3ccccc3)c(-c3ccccc3)n2)CC1. The molecule has 2 aromatic carbocycles. The van der Waals surface area contributed by atoms with Crippen LogP contribution in [0.3, 0.4) is 0 Å². The minimum atomic E-state index is -0.724. The van der Waals surface area contributed by atoms with Crippen LogP contribution in [0.5, 0.6) is 0 Å². The maximum absolute atomic E-state index is 11.2. The van der Waals surface area contributed by atoms with E-state index in [1.807, 2.05) is 65.6 Å². The van der Waals surface area contributed by atoms with Gasteiger partial charge in [-0.3, -0.25) is 4.79 Å². The van der Waals surface area contributed by atoms with Gasteiger partial charge >= 0.3 is 5.97 Å². The molecular weight excluding hydrogens is 340 g/mol. The summed E-state index contributed by atoms with van der Waals surface area (Å²) < 4.78 is 0. The highest BCUT2D eigenvalue weighted by molar-refractivity contribution is 5.78. The predicted molar refractivity (Wildman–Crippen MR) is 103 cm³/mol. The van der Waals surface area contributed by atoms with Crippen LogP contribution in [0.1, 0.15) is 12.8 Å². The van der Waals surface area contributed by atoms with Crippen molar-refractivity contribution in [3.05, 3.63) is 60.7 Å². The molecule has 3 aromatic rings. The van der Waals surface area contributed by atoms with Gasteiger partial charge in [-0.1, -0.05) is 60.7 Å². The molecule has 0 atom stereocenters. The van der Waals surface area contributed by atoms with E-state index < -0.39 is 5.97 Å². The second-order valence-electron chi connectivity index (χ2n) is 6.64. The molecule has 1 N–H and O–H groups in total. The molecule has 2 heterocycles. The lowest BCUT2D eigenvalue weighted by atomic mass is 9.97. The van der Waals surface area contributed by atoms with Crippen LogP contribution in [0.4, 0.5) is 5.95 Å². The number of carboxylic acids is 1. The summed E-state index contributed by atoms with van der Waals surface area (Å²) in [4.78, 5) is 18.0. The second kappa shape index (κ2) is 7.53. The van der Waals surface area contributed by atoms with Crippen molar-refractivity contribution in [2.24, 2.45) is 5.92 Å². The fourth-order valence-electron chi connectivity index (χ4n) is 3.37. The molecule has 0 unspecified atom stereocenters. The molecule has 6 nitrogen and oxygen atoms in total. The number of carbonyl (C=O) groups is 1. The second-order valence-corrected chi connectivity index (χ2v) is 6.64. The third-order valence-electron chi connectivity index (χ3n) is 4.90. The van der Waals surface area contributed by atoms with E-state index in [1.165, 1.54) is 0 Å². The molecular formula is C21H20N4O2. The van der Waals surface area contributed by atoms with Gasteiger partial charge in [0.1, 0.15) is 11.4 Å². The summed E-state index contributed by atoms with van der Waals surface area (Å²) in [7, 11) is 0. The zero-order valence-corrected chi connectivity index (χ0v) is 14.8. The van der Waals surface area contributed by atoms with Gasteiger partial charge in [-0.2, -0.15) is 0 Å². The van der Waals surface area contributed by atoms with Gasteiger partial charge in [0.05, 0.1) is 5.92 Å². The molecule has 0 aliphatic carbocycles. The minimum absolute atomic E-state index is 0.286. The summed E-state index contributed by atoms with van der Waals surface area (Å²) in [6, 6.07) is 19.8. The first-order valence-electron chi connectivity index (χ1n) is 9.05. The average Bonchev–Trinajstić information content (AvgIpc) is 2.74. The van der Waals surface area contributed by atoms with E-state index in [0.717, 1.165) is 22.5 Å². The fraction of sp³-hybridized carbons (Fsp3) is 0.238. The largest absolute Gasteiger partial charge is 0.481 e. The number of aromatic nitrogens is 3. The van der Waals surface area contributed by atoms with Gasteiger partial charge in [-0.15, -0.1) is 10.2 Å². The van der Waals surface area contributed by atoms with Crippen molar-refractivity contribution in [3.63, 3.8) is 0 Å². The molecule has 0 radical (unpaired) electrons. The Kier molecular flexibility index (Phi) is 4.78. The van der Waals surface area contributed by atoms with Crippen molar-refractivity contribution < 1.29 is 9.90 Å². The Morgan fingerprint density at radius 2 is 1.41 bits per heavy atom. The van der Waals surface area contributed by atoms with Crippen LogP contribution in [-0.2, 0) is 4.79 Å². The predicted octanol–water partition coefficient (Wildman–Crippen LogP) is 3.51. The van der Waals surface area contributed by atoms with Gasteiger partial charge in [0.25, 0.3) is 0 Å². The molecule has 1 aliphatic heterocycles. The third-order valence-corrected chi connectivity index (χ3v) is 4.90. The number of aliphatic carboxylic acids is 1. The first-order chi connectivity index (χ1) is 13.2. The van der Waals surface area contributed by atoms with E-state index in [2.05, 4.69) is 10.2 Å². The lowest BCUT2D eigenvalue weighted by Crippen LogP contribution is -2.37. The van der Waals surface area contributed by atoms with Crippen molar-refractivity contribution in [2.75, 3.05) is 18.0 Å². The summed E-state index contributed by atoms with van der Waals surface area (Å²) >= 11 is 0. The van der Waals surface area contributed by atoms with Crippen molar-refractivity contribution in [2.45, 2.75) is 12.8 Å². The Labute approximate surface area is 157 Å². The van der Waals surface area contributed by atoms with Crippen LogP contribution in [0, 0.1) is 5.92 Å². The number of anilines is 1. The van der Waals surface area contributed by atoms with E-state index >= 15 is 0 Å². The lowest BCUT2D eigenvalue weighted by Gasteiger charge is -2.30. The van der Waals surface area contributed by atoms with Crippen molar-refractivity contribution in [3.8, 4) is 22.5 Å². The molecule has 0 spiro atoms. The molecule has 1 saturated heterocycles. The minimum Gasteiger partial charge on any atom is -0.481 e. The topological polar surface area (TPSA) is 79.2 Å². The van der Waals surface area contributed by atoms with E-state index in [0.29, 0.717) is 31.9 Å². The number of piperidine rings is 1. The summed E-state index contributed by atoms with van der Waals surface area (Å²) in [5.74, 6) is -0.457. The van der Waals surface area contributed by atoms with Gasteiger partial charge in [0, 0.05) is 24.2 Å². The number of nitrogens with zero attached hydrogens (tertiary/aromatic N) is 4. The van der Waals surface area contributed by atoms with Crippen molar-refractivity contribution in [1.82, 2.24) is 15.2 Å². The Morgan fingerprint density at radius 1 is 0.852 bits per heavy atom. The Bertz CT molecular complexity index is 923. The lowest BCUT2D eigenvalue weighted by molar-refractivity contribution is -0.142. The molecule has 1 aliphatic rings. The number of benzene rings is 2. The molecule has 1 fully saturated rings. The average molecular weight is 360 g/mol. The third kappa shape index (κ3) is 3.65. The number of hydrogen-bond donors (Lipinski definition) is 1. The highest BCUT2D eigenvalue weighted by Gasteiger charge is 2.26. The molecule has 1 aromatic heterocycles. The number of rotatable bonds is 4. The van der Waals surface area contributed by atoms with Gasteiger partial charge in [-0.05, 0) is 12.8 Å². The van der Waals surface area contributed by atoms with Crippen molar-refractivity contribution in [1.29, 1.82) is 0 Å². The van der Waals surface area contributed by atoms with Crippen molar-refractivity contribution >= 4 is 11.9 Å². The quantitative estimate of drug-likeness (QED) is 0.767. The maximum Gasteiger partial charge on any atom is 0.306 e. The molecule has 4 rings (SSSR count). The van der Waals surface area contributed by atoms with Gasteiger partial charge in [-0.25, -0.2) is 4.98 Å². The van der Waals surface area contributed by atoms with Crippen LogP contribution in [0.25, 0.3) is 22.5 Å². The maximum atomic E-state index is 11.2. The summed E-state index contributed by atoms with van der Waals surface area (Å²) in [6.45, 7) is 1.25. The first-order valence-corrected chi connectivity index (χ1v) is 9.05. The number of hydrogen-bond acceptors (Lipinski definition) is 5. The Hall–Kier alpha value is -3.28. The smallest absolute Gasteiger partial charge is 0.306 e. The molecule has 27 heavy (non-hydrogen) atoms. The van der Waals surface area contributed by atoms with E-state index in [4.69, 9.17) is 4.98 Å². The fourth-order valence-corrected chi connectivity index (χ4v) is 3.37. The monoisotopic (exact) mass is 360 g/mol. The first kappa shape index (κ1) is 17.1. The molecule has 136 valence electrons. The van der Waals surface area contributed by atoms with Gasteiger partial charge in [0.15, 0.2) is 0 Å². The normalized spacial score (nSPS) is 14.9. The van der Waals surface area contributed by atoms with Crippen LogP contribution in [-0.4, -0.2) is 39.3 Å². The van der Waals surface area contributed by atoms with E-state index in [1.54, 1.807) is 0 Å². The highest BCUT2D eigenvalue weighted by Crippen LogP contribution is 2.30. The van der Waals surface area contributed by atoms with Gasteiger partial charge in [0.2, 0.25) is 5.95 Å². The molecule has 0 amide bonds.